The van der Waals surface area contributed by atoms with Gasteiger partial charge in [-0.2, -0.15) is 5.26 Å². The highest BCUT2D eigenvalue weighted by molar-refractivity contribution is 5.09. The van der Waals surface area contributed by atoms with Crippen LogP contribution in [0, 0.1) is 11.3 Å². The van der Waals surface area contributed by atoms with E-state index < -0.39 is 0 Å². The Morgan fingerprint density at radius 3 is 3.45 bits per heavy atom. The summed E-state index contributed by atoms with van der Waals surface area (Å²) in [5.74, 6) is 0.796. The second-order valence-electron chi connectivity index (χ2n) is 2.71. The molecule has 2 rings (SSSR count). The van der Waals surface area contributed by atoms with Crippen molar-refractivity contribution >= 4 is 0 Å². The maximum absolute atomic E-state index is 8.73. The smallest absolute Gasteiger partial charge is 0.150 e. The molecule has 1 aromatic rings. The molecule has 0 bridgehead atoms. The summed E-state index contributed by atoms with van der Waals surface area (Å²) in [4.78, 5) is 0. The maximum atomic E-state index is 8.73. The summed E-state index contributed by atoms with van der Waals surface area (Å²) in [7, 11) is 0. The van der Waals surface area contributed by atoms with E-state index in [0.717, 1.165) is 25.2 Å². The molecule has 1 aromatic heterocycles. The Balaban J connectivity index is 2.41. The molecule has 0 N–H and O–H groups in total. The third kappa shape index (κ3) is 0.891. The first-order valence-corrected chi connectivity index (χ1v) is 3.69. The van der Waals surface area contributed by atoms with Gasteiger partial charge in [0.25, 0.3) is 0 Å². The van der Waals surface area contributed by atoms with E-state index >= 15 is 0 Å². The highest BCUT2D eigenvalue weighted by Crippen LogP contribution is 2.23. The van der Waals surface area contributed by atoms with Crippen molar-refractivity contribution in [3.05, 3.63) is 12.2 Å². The fourth-order valence-electron chi connectivity index (χ4n) is 1.42. The van der Waals surface area contributed by atoms with Crippen molar-refractivity contribution in [2.45, 2.75) is 25.3 Å². The Bertz CT molecular complexity index is 296. The van der Waals surface area contributed by atoms with Gasteiger partial charge < -0.3 is 4.57 Å². The van der Waals surface area contributed by atoms with Crippen molar-refractivity contribution in [2.75, 3.05) is 0 Å². The largest absolute Gasteiger partial charge is 0.316 e. The van der Waals surface area contributed by atoms with Crippen LogP contribution in [0.1, 0.15) is 24.6 Å². The molecule has 0 fully saturated rings. The lowest BCUT2D eigenvalue weighted by Gasteiger charge is -2.15. The second-order valence-corrected chi connectivity index (χ2v) is 2.71. The fourth-order valence-corrected chi connectivity index (χ4v) is 1.42. The molecule has 1 unspecified atom stereocenters. The van der Waals surface area contributed by atoms with Crippen LogP contribution in [-0.4, -0.2) is 14.8 Å². The summed E-state index contributed by atoms with van der Waals surface area (Å²) in [5.41, 5.74) is 0. The Morgan fingerprint density at radius 1 is 1.73 bits per heavy atom. The quantitative estimate of drug-likeness (QED) is 0.543. The lowest BCUT2D eigenvalue weighted by Crippen LogP contribution is -2.14. The predicted octanol–water partition coefficient (Wildman–Crippen LogP) is 0.679. The second kappa shape index (κ2) is 2.35. The molecule has 0 saturated heterocycles. The molecule has 56 valence electrons. The molecule has 0 radical (unpaired) electrons. The van der Waals surface area contributed by atoms with Crippen molar-refractivity contribution in [3.63, 3.8) is 0 Å². The standard InChI is InChI=1S/C7H8N4/c8-4-6-2-1-3-11-5-9-10-7(6)11/h5-6H,1-3H2. The van der Waals surface area contributed by atoms with Crippen LogP contribution in [-0.2, 0) is 6.54 Å². The number of rotatable bonds is 0. The third-order valence-corrected chi connectivity index (χ3v) is 2.00. The highest BCUT2D eigenvalue weighted by Gasteiger charge is 2.21. The van der Waals surface area contributed by atoms with E-state index in [-0.39, 0.29) is 5.92 Å². The van der Waals surface area contributed by atoms with Gasteiger partial charge in [-0.1, -0.05) is 0 Å². The summed E-state index contributed by atoms with van der Waals surface area (Å²) < 4.78 is 1.96. The number of nitriles is 1. The zero-order chi connectivity index (χ0) is 7.68. The first-order valence-electron chi connectivity index (χ1n) is 3.69. The number of aryl methyl sites for hydroxylation is 1. The summed E-state index contributed by atoms with van der Waals surface area (Å²) in [6.45, 7) is 0.959. The van der Waals surface area contributed by atoms with Crippen molar-refractivity contribution in [1.29, 1.82) is 5.26 Å². The number of hydrogen-bond donors (Lipinski definition) is 0. The first-order chi connectivity index (χ1) is 5.42. The monoisotopic (exact) mass is 148 g/mol. The van der Waals surface area contributed by atoms with E-state index in [0.29, 0.717) is 0 Å². The third-order valence-electron chi connectivity index (χ3n) is 2.00. The van der Waals surface area contributed by atoms with Gasteiger partial charge in [-0.15, -0.1) is 10.2 Å². The van der Waals surface area contributed by atoms with E-state index in [4.69, 9.17) is 5.26 Å². The van der Waals surface area contributed by atoms with E-state index in [1.165, 1.54) is 0 Å². The van der Waals surface area contributed by atoms with Gasteiger partial charge in [0, 0.05) is 6.54 Å². The molecule has 1 atom stereocenters. The average Bonchev–Trinajstić information content (AvgIpc) is 2.50. The van der Waals surface area contributed by atoms with Gasteiger partial charge in [0.1, 0.15) is 18.1 Å². The van der Waals surface area contributed by atoms with Gasteiger partial charge in [0.2, 0.25) is 0 Å². The van der Waals surface area contributed by atoms with Gasteiger partial charge in [0.05, 0.1) is 6.07 Å². The van der Waals surface area contributed by atoms with Crippen molar-refractivity contribution in [2.24, 2.45) is 0 Å². The number of nitrogens with zero attached hydrogens (tertiary/aromatic N) is 4. The van der Waals surface area contributed by atoms with Crippen molar-refractivity contribution in [3.8, 4) is 6.07 Å². The van der Waals surface area contributed by atoms with Crippen molar-refractivity contribution < 1.29 is 0 Å². The lowest BCUT2D eigenvalue weighted by molar-refractivity contribution is 0.492. The summed E-state index contributed by atoms with van der Waals surface area (Å²) in [6, 6.07) is 2.22. The number of fused-ring (bicyclic) bond motifs is 1. The van der Waals surface area contributed by atoms with Gasteiger partial charge in [-0.25, -0.2) is 0 Å². The Labute approximate surface area is 64.5 Å². The molecule has 0 saturated carbocycles. The van der Waals surface area contributed by atoms with Gasteiger partial charge in [-0.3, -0.25) is 0 Å². The Morgan fingerprint density at radius 2 is 2.64 bits per heavy atom. The van der Waals surface area contributed by atoms with Gasteiger partial charge >= 0.3 is 0 Å². The van der Waals surface area contributed by atoms with E-state index in [9.17, 15) is 0 Å². The molecule has 4 nitrogen and oxygen atoms in total. The molecule has 0 spiro atoms. The molecule has 4 heteroatoms. The lowest BCUT2D eigenvalue weighted by atomic mass is 10.0. The van der Waals surface area contributed by atoms with E-state index in [1.807, 2.05) is 4.57 Å². The summed E-state index contributed by atoms with van der Waals surface area (Å²) in [6.07, 6.45) is 3.68. The van der Waals surface area contributed by atoms with Gasteiger partial charge in [0.15, 0.2) is 0 Å². The first kappa shape index (κ1) is 6.35. The van der Waals surface area contributed by atoms with Crippen molar-refractivity contribution in [1.82, 2.24) is 14.8 Å². The van der Waals surface area contributed by atoms with Crippen LogP contribution in [0.3, 0.4) is 0 Å². The highest BCUT2D eigenvalue weighted by atomic mass is 15.3. The minimum Gasteiger partial charge on any atom is -0.316 e. The molecule has 0 aliphatic carbocycles. The maximum Gasteiger partial charge on any atom is 0.150 e. The molecule has 1 aliphatic rings. The van der Waals surface area contributed by atoms with Crippen LogP contribution in [0.5, 0.6) is 0 Å². The minimum atomic E-state index is -0.0359. The molecule has 1 aliphatic heterocycles. The number of aromatic nitrogens is 3. The average molecular weight is 148 g/mol. The van der Waals surface area contributed by atoms with Crippen LogP contribution in [0.4, 0.5) is 0 Å². The SMILES string of the molecule is N#CC1CCCn2cnnc21. The molecular weight excluding hydrogens is 140 g/mol. The molecule has 2 heterocycles. The zero-order valence-corrected chi connectivity index (χ0v) is 6.06. The minimum absolute atomic E-state index is 0.0359. The Kier molecular flexibility index (Phi) is 1.35. The van der Waals surface area contributed by atoms with Gasteiger partial charge in [-0.05, 0) is 12.8 Å². The Hall–Kier alpha value is -1.37. The number of hydrogen-bond acceptors (Lipinski definition) is 3. The van der Waals surface area contributed by atoms with E-state index in [2.05, 4.69) is 16.3 Å². The molecule has 0 amide bonds. The normalized spacial score (nSPS) is 22.3. The van der Waals surface area contributed by atoms with E-state index in [1.54, 1.807) is 6.33 Å². The summed E-state index contributed by atoms with van der Waals surface area (Å²) in [5, 5.41) is 16.4. The van der Waals surface area contributed by atoms with Crippen LogP contribution in [0.25, 0.3) is 0 Å². The van der Waals surface area contributed by atoms with Crippen LogP contribution in [0.2, 0.25) is 0 Å². The van der Waals surface area contributed by atoms with Crippen LogP contribution in [0.15, 0.2) is 6.33 Å². The molecule has 0 aromatic carbocycles. The topological polar surface area (TPSA) is 54.5 Å². The predicted molar refractivity (Wildman–Crippen MR) is 37.6 cm³/mol. The summed E-state index contributed by atoms with van der Waals surface area (Å²) >= 11 is 0. The van der Waals surface area contributed by atoms with Crippen LogP contribution >= 0.6 is 0 Å². The molecular formula is C7H8N4. The molecule has 11 heavy (non-hydrogen) atoms. The van der Waals surface area contributed by atoms with Crippen LogP contribution < -0.4 is 0 Å². The fraction of sp³-hybridized carbons (Fsp3) is 0.571. The zero-order valence-electron chi connectivity index (χ0n) is 6.06.